The van der Waals surface area contributed by atoms with Crippen LogP contribution in [-0.2, 0) is 11.8 Å². The molecule has 2 aromatic carbocycles. The van der Waals surface area contributed by atoms with Crippen LogP contribution in [0, 0.1) is 0 Å². The smallest absolute Gasteiger partial charge is 0.244 e. The summed E-state index contributed by atoms with van der Waals surface area (Å²) in [5, 5.41) is 3.66. The first-order valence-electron chi connectivity index (χ1n) is 7.90. The van der Waals surface area contributed by atoms with Gasteiger partial charge in [0.25, 0.3) is 0 Å². The predicted octanol–water partition coefficient (Wildman–Crippen LogP) is 3.99. The number of imidazole rings is 1. The average molecular weight is 352 g/mol. The lowest BCUT2D eigenvalue weighted by Gasteiger charge is -2.18. The molecule has 1 aromatic heterocycles. The molecule has 1 atom stereocenters. The highest BCUT2D eigenvalue weighted by Crippen LogP contribution is 2.22. The van der Waals surface area contributed by atoms with E-state index in [0.717, 1.165) is 17.0 Å². The first-order chi connectivity index (χ1) is 12.1. The SMILES string of the molecule is Cn1ccnc1[C@H](NC(=O)/C=C/c1ccccc1)c1ccc(Cl)cc1. The van der Waals surface area contributed by atoms with Gasteiger partial charge in [0.2, 0.25) is 5.91 Å². The van der Waals surface area contributed by atoms with E-state index < -0.39 is 0 Å². The molecule has 1 N–H and O–H groups in total. The standard InChI is InChI=1S/C20H18ClN3O/c1-24-14-13-22-20(24)19(16-8-10-17(21)11-9-16)23-18(25)12-7-15-5-3-2-4-6-15/h2-14,19H,1H3,(H,23,25)/b12-7+/t19-/m1/s1. The van der Waals surface area contributed by atoms with Crippen molar-refractivity contribution >= 4 is 23.6 Å². The molecule has 0 saturated heterocycles. The molecule has 0 fully saturated rings. The quantitative estimate of drug-likeness (QED) is 0.706. The molecule has 126 valence electrons. The van der Waals surface area contributed by atoms with Crippen LogP contribution in [0.4, 0.5) is 0 Å². The largest absolute Gasteiger partial charge is 0.339 e. The van der Waals surface area contributed by atoms with Crippen molar-refractivity contribution in [2.75, 3.05) is 0 Å². The second-order valence-corrected chi connectivity index (χ2v) is 6.07. The molecule has 3 rings (SSSR count). The zero-order valence-electron chi connectivity index (χ0n) is 13.8. The number of aryl methyl sites for hydroxylation is 1. The average Bonchev–Trinajstić information content (AvgIpc) is 3.05. The van der Waals surface area contributed by atoms with E-state index in [-0.39, 0.29) is 11.9 Å². The second-order valence-electron chi connectivity index (χ2n) is 5.63. The zero-order chi connectivity index (χ0) is 17.6. The second kappa shape index (κ2) is 7.81. The van der Waals surface area contributed by atoms with Crippen LogP contribution in [0.1, 0.15) is 23.0 Å². The van der Waals surface area contributed by atoms with E-state index in [1.165, 1.54) is 6.08 Å². The van der Waals surface area contributed by atoms with Gasteiger partial charge in [0.1, 0.15) is 11.9 Å². The summed E-state index contributed by atoms with van der Waals surface area (Å²) in [6.45, 7) is 0. The molecule has 0 bridgehead atoms. The summed E-state index contributed by atoms with van der Waals surface area (Å²) in [6.07, 6.45) is 6.88. The fourth-order valence-electron chi connectivity index (χ4n) is 2.53. The number of carbonyl (C=O) groups excluding carboxylic acids is 1. The van der Waals surface area contributed by atoms with Gasteiger partial charge in [-0.05, 0) is 29.3 Å². The Kier molecular flexibility index (Phi) is 5.31. The predicted molar refractivity (Wildman–Crippen MR) is 100 cm³/mol. The maximum Gasteiger partial charge on any atom is 0.244 e. The van der Waals surface area contributed by atoms with Gasteiger partial charge in [0.05, 0.1) is 0 Å². The minimum atomic E-state index is -0.356. The maximum absolute atomic E-state index is 12.4. The number of hydrogen-bond donors (Lipinski definition) is 1. The lowest BCUT2D eigenvalue weighted by Crippen LogP contribution is -2.29. The van der Waals surface area contributed by atoms with E-state index in [1.807, 2.05) is 60.3 Å². The third-order valence-electron chi connectivity index (χ3n) is 3.83. The van der Waals surface area contributed by atoms with Crippen molar-refractivity contribution in [3.8, 4) is 0 Å². The van der Waals surface area contributed by atoms with Crippen LogP contribution in [0.5, 0.6) is 0 Å². The number of nitrogens with zero attached hydrogens (tertiary/aromatic N) is 2. The summed E-state index contributed by atoms with van der Waals surface area (Å²) in [6, 6.07) is 16.7. The number of halogens is 1. The molecule has 0 unspecified atom stereocenters. The molecule has 0 spiro atoms. The van der Waals surface area contributed by atoms with Crippen molar-refractivity contribution < 1.29 is 4.79 Å². The lowest BCUT2D eigenvalue weighted by molar-refractivity contribution is -0.117. The number of aromatic nitrogens is 2. The summed E-state index contributed by atoms with van der Waals surface area (Å²) in [7, 11) is 1.90. The van der Waals surface area contributed by atoms with E-state index >= 15 is 0 Å². The Balaban J connectivity index is 1.83. The Hall–Kier alpha value is -2.85. The molecule has 0 saturated carbocycles. The molecule has 0 aliphatic carbocycles. The van der Waals surface area contributed by atoms with Crippen molar-refractivity contribution in [2.45, 2.75) is 6.04 Å². The first kappa shape index (κ1) is 17.0. The number of carbonyl (C=O) groups is 1. The Morgan fingerprint density at radius 1 is 1.16 bits per heavy atom. The molecule has 0 radical (unpaired) electrons. The molecule has 25 heavy (non-hydrogen) atoms. The van der Waals surface area contributed by atoms with Gasteiger partial charge >= 0.3 is 0 Å². The van der Waals surface area contributed by atoms with Crippen LogP contribution < -0.4 is 5.32 Å². The number of rotatable bonds is 5. The Morgan fingerprint density at radius 2 is 1.88 bits per heavy atom. The van der Waals surface area contributed by atoms with Crippen molar-refractivity contribution in [3.05, 3.63) is 95.0 Å². The molecule has 0 aliphatic rings. The van der Waals surface area contributed by atoms with Crippen LogP contribution >= 0.6 is 11.6 Å². The monoisotopic (exact) mass is 351 g/mol. The van der Waals surface area contributed by atoms with Gasteiger partial charge in [-0.15, -0.1) is 0 Å². The van der Waals surface area contributed by atoms with Gasteiger partial charge < -0.3 is 9.88 Å². The van der Waals surface area contributed by atoms with Crippen LogP contribution in [0.2, 0.25) is 5.02 Å². The van der Waals surface area contributed by atoms with Crippen LogP contribution in [0.3, 0.4) is 0 Å². The number of hydrogen-bond acceptors (Lipinski definition) is 2. The number of benzene rings is 2. The Labute approximate surface area is 151 Å². The van der Waals surface area contributed by atoms with Gasteiger partial charge in [-0.3, -0.25) is 4.79 Å². The topological polar surface area (TPSA) is 46.9 Å². The molecule has 5 heteroatoms. The van der Waals surface area contributed by atoms with Crippen molar-refractivity contribution in [2.24, 2.45) is 7.05 Å². The van der Waals surface area contributed by atoms with Crippen molar-refractivity contribution in [1.29, 1.82) is 0 Å². The van der Waals surface area contributed by atoms with Crippen molar-refractivity contribution in [3.63, 3.8) is 0 Å². The third kappa shape index (κ3) is 4.37. The summed E-state index contributed by atoms with van der Waals surface area (Å²) in [4.78, 5) is 16.8. The molecular formula is C20H18ClN3O. The van der Waals surface area contributed by atoms with Crippen LogP contribution in [0.25, 0.3) is 6.08 Å². The van der Waals surface area contributed by atoms with Crippen molar-refractivity contribution in [1.82, 2.24) is 14.9 Å². The Morgan fingerprint density at radius 3 is 2.52 bits per heavy atom. The van der Waals surface area contributed by atoms with Gasteiger partial charge in [-0.2, -0.15) is 0 Å². The summed E-state index contributed by atoms with van der Waals surface area (Å²) in [5.41, 5.74) is 1.89. The van der Waals surface area contributed by atoms with E-state index in [9.17, 15) is 4.79 Å². The fraction of sp³-hybridized carbons (Fsp3) is 0.100. The summed E-state index contributed by atoms with van der Waals surface area (Å²) in [5.74, 6) is 0.565. The third-order valence-corrected chi connectivity index (χ3v) is 4.09. The van der Waals surface area contributed by atoms with Crippen LogP contribution in [-0.4, -0.2) is 15.5 Å². The minimum absolute atomic E-state index is 0.188. The van der Waals surface area contributed by atoms with E-state index in [1.54, 1.807) is 24.4 Å². The highest BCUT2D eigenvalue weighted by molar-refractivity contribution is 6.30. The Bertz CT molecular complexity index is 869. The number of amides is 1. The summed E-state index contributed by atoms with van der Waals surface area (Å²) >= 11 is 5.98. The number of nitrogens with one attached hydrogen (secondary N) is 1. The molecule has 1 amide bonds. The highest BCUT2D eigenvalue weighted by atomic mass is 35.5. The highest BCUT2D eigenvalue weighted by Gasteiger charge is 2.19. The van der Waals surface area contributed by atoms with E-state index in [2.05, 4.69) is 10.3 Å². The molecule has 1 heterocycles. The molecular weight excluding hydrogens is 334 g/mol. The molecule has 4 nitrogen and oxygen atoms in total. The normalized spacial score (nSPS) is 12.2. The van der Waals surface area contributed by atoms with Gasteiger partial charge in [0, 0.05) is 30.5 Å². The van der Waals surface area contributed by atoms with Gasteiger partial charge in [0.15, 0.2) is 0 Å². The van der Waals surface area contributed by atoms with Crippen LogP contribution in [0.15, 0.2) is 73.1 Å². The summed E-state index contributed by atoms with van der Waals surface area (Å²) < 4.78 is 1.89. The fourth-order valence-corrected chi connectivity index (χ4v) is 2.66. The lowest BCUT2D eigenvalue weighted by atomic mass is 10.1. The first-order valence-corrected chi connectivity index (χ1v) is 8.27. The molecule has 3 aromatic rings. The minimum Gasteiger partial charge on any atom is -0.339 e. The van der Waals surface area contributed by atoms with E-state index in [4.69, 9.17) is 11.6 Å². The maximum atomic E-state index is 12.4. The van der Waals surface area contributed by atoms with Gasteiger partial charge in [-0.25, -0.2) is 4.98 Å². The van der Waals surface area contributed by atoms with E-state index in [0.29, 0.717) is 5.02 Å². The molecule has 0 aliphatic heterocycles. The van der Waals surface area contributed by atoms with Gasteiger partial charge in [-0.1, -0.05) is 54.1 Å². The zero-order valence-corrected chi connectivity index (χ0v) is 14.5.